The van der Waals surface area contributed by atoms with Gasteiger partial charge >= 0.3 is 0 Å². The first-order valence-corrected chi connectivity index (χ1v) is 10.1. The molecule has 8 heteroatoms. The molecule has 1 aromatic carbocycles. The minimum absolute atomic E-state index is 0.0523. The van der Waals surface area contributed by atoms with Crippen LogP contribution in [0.15, 0.2) is 36.5 Å². The van der Waals surface area contributed by atoms with Crippen molar-refractivity contribution in [1.82, 2.24) is 24.7 Å². The van der Waals surface area contributed by atoms with Crippen molar-refractivity contribution in [3.05, 3.63) is 47.0 Å². The first-order valence-electron chi connectivity index (χ1n) is 9.74. The van der Waals surface area contributed by atoms with Crippen molar-refractivity contribution >= 4 is 24.0 Å². The molecule has 0 atom stereocenters. The highest BCUT2D eigenvalue weighted by molar-refractivity contribution is 7.71. The summed E-state index contributed by atoms with van der Waals surface area (Å²) >= 11 is 5.37. The van der Waals surface area contributed by atoms with Crippen molar-refractivity contribution < 1.29 is 9.59 Å². The molecule has 0 aliphatic carbocycles. The van der Waals surface area contributed by atoms with E-state index in [4.69, 9.17) is 12.2 Å². The number of piperazine rings is 1. The fourth-order valence-corrected chi connectivity index (χ4v) is 3.56. The van der Waals surface area contributed by atoms with E-state index in [2.05, 4.69) is 22.1 Å². The van der Waals surface area contributed by atoms with Gasteiger partial charge in [-0.1, -0.05) is 31.5 Å². The lowest BCUT2D eigenvalue weighted by Crippen LogP contribution is -2.51. The smallest absolute Gasteiger partial charge is 0.272 e. The Labute approximate surface area is 170 Å². The second-order valence-electron chi connectivity index (χ2n) is 6.92. The normalized spacial score (nSPS) is 14.8. The number of para-hydroxylation sites is 1. The number of nitrogens with one attached hydrogen (secondary N) is 2. The van der Waals surface area contributed by atoms with Gasteiger partial charge in [-0.2, -0.15) is 0 Å². The molecule has 0 saturated carbocycles. The number of amides is 2. The van der Waals surface area contributed by atoms with E-state index in [1.807, 2.05) is 35.2 Å². The molecule has 2 aromatic rings. The van der Waals surface area contributed by atoms with Gasteiger partial charge in [-0.15, -0.1) is 0 Å². The maximum Gasteiger partial charge on any atom is 0.272 e. The molecular weight excluding hydrogens is 374 g/mol. The summed E-state index contributed by atoms with van der Waals surface area (Å²) in [4.78, 5) is 31.9. The number of hydrogen-bond donors (Lipinski definition) is 2. The Morgan fingerprint density at radius 1 is 1.14 bits per heavy atom. The van der Waals surface area contributed by atoms with Crippen molar-refractivity contribution in [2.75, 3.05) is 39.3 Å². The number of rotatable bonds is 7. The fraction of sp³-hybridized carbons (Fsp3) is 0.450. The Bertz CT molecular complexity index is 853. The average Bonchev–Trinajstić information content (AvgIpc) is 3.10. The summed E-state index contributed by atoms with van der Waals surface area (Å²) in [6.45, 7) is 5.76. The fourth-order valence-electron chi connectivity index (χ4n) is 3.29. The molecule has 1 fully saturated rings. The summed E-state index contributed by atoms with van der Waals surface area (Å²) in [7, 11) is 0. The van der Waals surface area contributed by atoms with Crippen LogP contribution in [0, 0.1) is 4.77 Å². The third kappa shape index (κ3) is 4.88. The van der Waals surface area contributed by atoms with E-state index in [9.17, 15) is 9.59 Å². The number of hydrogen-bond acceptors (Lipinski definition) is 4. The van der Waals surface area contributed by atoms with Crippen LogP contribution in [0.4, 0.5) is 0 Å². The highest BCUT2D eigenvalue weighted by Gasteiger charge is 2.25. The van der Waals surface area contributed by atoms with E-state index in [1.165, 1.54) is 0 Å². The number of H-pyrrole nitrogens is 1. The number of carbonyl (C=O) groups excluding carboxylic acids is 2. The van der Waals surface area contributed by atoms with Gasteiger partial charge in [0.1, 0.15) is 5.69 Å². The monoisotopic (exact) mass is 401 g/mol. The Kier molecular flexibility index (Phi) is 7.00. The third-order valence-electron chi connectivity index (χ3n) is 4.89. The molecule has 1 aliphatic rings. The molecule has 2 heterocycles. The average molecular weight is 402 g/mol. The first-order chi connectivity index (χ1) is 13.6. The highest BCUT2D eigenvalue weighted by Crippen LogP contribution is 2.15. The van der Waals surface area contributed by atoms with Crippen LogP contribution in [0.1, 0.15) is 30.3 Å². The topological polar surface area (TPSA) is 73.4 Å². The Morgan fingerprint density at radius 2 is 1.86 bits per heavy atom. The number of aromatic nitrogens is 2. The molecule has 0 spiro atoms. The van der Waals surface area contributed by atoms with Crippen LogP contribution in [0.25, 0.3) is 5.69 Å². The summed E-state index contributed by atoms with van der Waals surface area (Å²) in [6.07, 6.45) is 3.73. The molecule has 1 saturated heterocycles. The van der Waals surface area contributed by atoms with Gasteiger partial charge in [-0.05, 0) is 30.8 Å². The zero-order valence-corrected chi connectivity index (χ0v) is 17.0. The summed E-state index contributed by atoms with van der Waals surface area (Å²) < 4.78 is 2.27. The lowest BCUT2D eigenvalue weighted by atomic mass is 10.2. The zero-order valence-electron chi connectivity index (χ0n) is 16.2. The SMILES string of the molecule is CCCCNC(=O)CN1CCN(C(=O)c2c[nH]c(=S)n2-c2ccccc2)CC1. The molecule has 0 unspecified atom stereocenters. The van der Waals surface area contributed by atoms with E-state index < -0.39 is 0 Å². The molecule has 1 aliphatic heterocycles. The lowest BCUT2D eigenvalue weighted by Gasteiger charge is -2.34. The summed E-state index contributed by atoms with van der Waals surface area (Å²) in [5.41, 5.74) is 1.39. The second kappa shape index (κ2) is 9.66. The minimum atomic E-state index is -0.0525. The van der Waals surface area contributed by atoms with Crippen LogP contribution in [0.3, 0.4) is 0 Å². The third-order valence-corrected chi connectivity index (χ3v) is 5.19. The predicted molar refractivity (Wildman–Crippen MR) is 111 cm³/mol. The van der Waals surface area contributed by atoms with Gasteiger partial charge in [0.15, 0.2) is 4.77 Å². The van der Waals surface area contributed by atoms with Crippen molar-refractivity contribution in [2.24, 2.45) is 0 Å². The summed E-state index contributed by atoms with van der Waals surface area (Å²) in [5, 5.41) is 2.94. The lowest BCUT2D eigenvalue weighted by molar-refractivity contribution is -0.122. The Hall–Kier alpha value is -2.45. The van der Waals surface area contributed by atoms with E-state index in [0.717, 1.165) is 25.1 Å². The number of aromatic amines is 1. The largest absolute Gasteiger partial charge is 0.355 e. The van der Waals surface area contributed by atoms with Gasteiger partial charge in [0.25, 0.3) is 5.91 Å². The zero-order chi connectivity index (χ0) is 19.9. The first kappa shape index (κ1) is 20.3. The molecule has 1 aromatic heterocycles. The van der Waals surface area contributed by atoms with E-state index in [1.54, 1.807) is 10.8 Å². The van der Waals surface area contributed by atoms with Crippen molar-refractivity contribution in [3.63, 3.8) is 0 Å². The quantitative estimate of drug-likeness (QED) is 0.551. The van der Waals surface area contributed by atoms with Gasteiger partial charge in [-0.25, -0.2) is 0 Å². The highest BCUT2D eigenvalue weighted by atomic mass is 32.1. The Morgan fingerprint density at radius 3 is 2.54 bits per heavy atom. The number of benzene rings is 1. The summed E-state index contributed by atoms with van der Waals surface area (Å²) in [5.74, 6) is -0.000204. The van der Waals surface area contributed by atoms with Crippen molar-refractivity contribution in [1.29, 1.82) is 0 Å². The van der Waals surface area contributed by atoms with Gasteiger partial charge in [0.2, 0.25) is 5.91 Å². The maximum atomic E-state index is 13.1. The van der Waals surface area contributed by atoms with Crippen LogP contribution in [-0.4, -0.2) is 70.4 Å². The van der Waals surface area contributed by atoms with Gasteiger partial charge in [-0.3, -0.25) is 19.1 Å². The van der Waals surface area contributed by atoms with E-state index in [-0.39, 0.29) is 11.8 Å². The molecule has 0 radical (unpaired) electrons. The molecule has 2 N–H and O–H groups in total. The number of imidazole rings is 1. The Balaban J connectivity index is 1.59. The van der Waals surface area contributed by atoms with Crippen LogP contribution < -0.4 is 5.32 Å². The van der Waals surface area contributed by atoms with Crippen LogP contribution in [0.2, 0.25) is 0 Å². The maximum absolute atomic E-state index is 13.1. The number of nitrogens with zero attached hydrogens (tertiary/aromatic N) is 3. The molecule has 7 nitrogen and oxygen atoms in total. The second-order valence-corrected chi connectivity index (χ2v) is 7.31. The van der Waals surface area contributed by atoms with Crippen molar-refractivity contribution in [3.8, 4) is 5.69 Å². The number of unbranched alkanes of at least 4 members (excludes halogenated alkanes) is 1. The molecule has 2 amide bonds. The molecule has 3 rings (SSSR count). The molecule has 150 valence electrons. The van der Waals surface area contributed by atoms with Crippen LogP contribution in [0.5, 0.6) is 0 Å². The van der Waals surface area contributed by atoms with Crippen LogP contribution >= 0.6 is 12.2 Å². The molecule has 0 bridgehead atoms. The predicted octanol–water partition coefficient (Wildman–Crippen LogP) is 2.21. The minimum Gasteiger partial charge on any atom is -0.355 e. The standard InChI is InChI=1S/C20H27N5O2S/c1-2-3-9-21-18(26)15-23-10-12-24(13-11-23)19(27)17-14-22-20(28)25(17)16-7-5-4-6-8-16/h4-8,14H,2-3,9-13,15H2,1H3,(H,21,26)(H,22,28). The molecular formula is C20H27N5O2S. The van der Waals surface area contributed by atoms with Crippen molar-refractivity contribution in [2.45, 2.75) is 19.8 Å². The van der Waals surface area contributed by atoms with Gasteiger partial charge in [0.05, 0.1) is 6.54 Å². The van der Waals surface area contributed by atoms with Gasteiger partial charge in [0, 0.05) is 44.6 Å². The van der Waals surface area contributed by atoms with E-state index >= 15 is 0 Å². The molecule has 28 heavy (non-hydrogen) atoms. The number of carbonyl (C=O) groups is 2. The van der Waals surface area contributed by atoms with E-state index in [0.29, 0.717) is 43.2 Å². The van der Waals surface area contributed by atoms with Crippen LogP contribution in [-0.2, 0) is 4.79 Å². The summed E-state index contributed by atoms with van der Waals surface area (Å²) in [6, 6.07) is 9.62. The van der Waals surface area contributed by atoms with Gasteiger partial charge < -0.3 is 15.2 Å².